The Bertz CT molecular complexity index is 768. The molecular weight excluding hydrogens is 284 g/mol. The molecule has 1 aliphatic rings. The van der Waals surface area contributed by atoms with Crippen LogP contribution in [0.5, 0.6) is 0 Å². The molecule has 0 aliphatic carbocycles. The molecule has 0 spiro atoms. The van der Waals surface area contributed by atoms with E-state index in [9.17, 15) is 4.79 Å². The predicted octanol–water partition coefficient (Wildman–Crippen LogP) is 2.85. The Morgan fingerprint density at radius 1 is 1.13 bits per heavy atom. The van der Waals surface area contributed by atoms with Gasteiger partial charge in [-0.15, -0.1) is 0 Å². The SMILES string of the molecule is Cc1ccccc1C#Cc1ccc(N2CCC[C@@H]2C(N)=O)cc1. The molecule has 0 saturated carbocycles. The van der Waals surface area contributed by atoms with Gasteiger partial charge < -0.3 is 10.6 Å². The Labute approximate surface area is 137 Å². The summed E-state index contributed by atoms with van der Waals surface area (Å²) in [6, 6.07) is 15.9. The fraction of sp³-hybridized carbons (Fsp3) is 0.250. The molecule has 2 N–H and O–H groups in total. The van der Waals surface area contributed by atoms with Crippen LogP contribution in [0, 0.1) is 18.8 Å². The number of hydrogen-bond acceptors (Lipinski definition) is 2. The van der Waals surface area contributed by atoms with Crippen molar-refractivity contribution in [2.45, 2.75) is 25.8 Å². The van der Waals surface area contributed by atoms with Crippen LogP contribution in [0.2, 0.25) is 0 Å². The molecule has 23 heavy (non-hydrogen) atoms. The summed E-state index contributed by atoms with van der Waals surface area (Å²) in [7, 11) is 0. The van der Waals surface area contributed by atoms with Gasteiger partial charge in [0, 0.05) is 23.4 Å². The zero-order chi connectivity index (χ0) is 16.2. The molecule has 0 aromatic heterocycles. The van der Waals surface area contributed by atoms with Crippen LogP contribution in [-0.4, -0.2) is 18.5 Å². The highest BCUT2D eigenvalue weighted by atomic mass is 16.1. The molecule has 1 aliphatic heterocycles. The largest absolute Gasteiger partial charge is 0.368 e. The molecule has 3 nitrogen and oxygen atoms in total. The summed E-state index contributed by atoms with van der Waals surface area (Å²) in [6.45, 7) is 2.94. The number of carbonyl (C=O) groups excluding carboxylic acids is 1. The first-order valence-corrected chi connectivity index (χ1v) is 7.89. The maximum Gasteiger partial charge on any atom is 0.240 e. The number of nitrogens with two attached hydrogens (primary N) is 1. The fourth-order valence-corrected chi connectivity index (χ4v) is 2.96. The van der Waals surface area contributed by atoms with Crippen LogP contribution >= 0.6 is 0 Å². The fourth-order valence-electron chi connectivity index (χ4n) is 2.96. The zero-order valence-corrected chi connectivity index (χ0v) is 13.3. The summed E-state index contributed by atoms with van der Waals surface area (Å²) in [4.78, 5) is 13.6. The van der Waals surface area contributed by atoms with E-state index in [1.165, 1.54) is 5.56 Å². The van der Waals surface area contributed by atoms with E-state index in [1.807, 2.05) is 42.5 Å². The summed E-state index contributed by atoms with van der Waals surface area (Å²) < 4.78 is 0. The Hall–Kier alpha value is -2.73. The lowest BCUT2D eigenvalue weighted by atomic mass is 10.1. The van der Waals surface area contributed by atoms with E-state index in [0.29, 0.717) is 0 Å². The number of amides is 1. The Morgan fingerprint density at radius 2 is 1.87 bits per heavy atom. The molecule has 1 atom stereocenters. The third-order valence-corrected chi connectivity index (χ3v) is 4.27. The average molecular weight is 304 g/mol. The van der Waals surface area contributed by atoms with Crippen LogP contribution in [0.25, 0.3) is 0 Å². The highest BCUT2D eigenvalue weighted by Crippen LogP contribution is 2.25. The van der Waals surface area contributed by atoms with Gasteiger partial charge in [0.15, 0.2) is 0 Å². The quantitative estimate of drug-likeness (QED) is 0.867. The summed E-state index contributed by atoms with van der Waals surface area (Å²) >= 11 is 0. The van der Waals surface area contributed by atoms with Gasteiger partial charge in [-0.05, 0) is 55.7 Å². The minimum atomic E-state index is -0.245. The number of anilines is 1. The number of aryl methyl sites for hydroxylation is 1. The van der Waals surface area contributed by atoms with E-state index >= 15 is 0 Å². The lowest BCUT2D eigenvalue weighted by molar-refractivity contribution is -0.119. The number of nitrogens with zero attached hydrogens (tertiary/aromatic N) is 1. The van der Waals surface area contributed by atoms with Crippen molar-refractivity contribution in [1.82, 2.24) is 0 Å². The van der Waals surface area contributed by atoms with Gasteiger partial charge >= 0.3 is 0 Å². The van der Waals surface area contributed by atoms with Gasteiger partial charge in [-0.25, -0.2) is 0 Å². The lowest BCUT2D eigenvalue weighted by Crippen LogP contribution is -2.40. The highest BCUT2D eigenvalue weighted by Gasteiger charge is 2.28. The van der Waals surface area contributed by atoms with Gasteiger partial charge in [0.25, 0.3) is 0 Å². The van der Waals surface area contributed by atoms with E-state index in [1.54, 1.807) is 0 Å². The van der Waals surface area contributed by atoms with Gasteiger partial charge in [0.2, 0.25) is 5.91 Å². The molecule has 1 fully saturated rings. The number of benzene rings is 2. The van der Waals surface area contributed by atoms with E-state index in [2.05, 4.69) is 29.7 Å². The van der Waals surface area contributed by atoms with E-state index in [0.717, 1.165) is 36.2 Å². The maximum absolute atomic E-state index is 11.5. The van der Waals surface area contributed by atoms with Crippen molar-refractivity contribution in [3.8, 4) is 11.8 Å². The van der Waals surface area contributed by atoms with Crippen molar-refractivity contribution in [2.75, 3.05) is 11.4 Å². The molecule has 0 radical (unpaired) electrons. The number of rotatable bonds is 2. The van der Waals surface area contributed by atoms with Crippen LogP contribution in [0.15, 0.2) is 48.5 Å². The lowest BCUT2D eigenvalue weighted by Gasteiger charge is -2.24. The Balaban J connectivity index is 1.78. The standard InChI is InChI=1S/C20H20N2O/c1-15-5-2-3-6-17(15)11-8-16-9-12-18(13-10-16)22-14-4-7-19(22)20(21)23/h2-3,5-6,9-10,12-13,19H,4,7,14H2,1H3,(H2,21,23)/t19-/m1/s1. The molecule has 3 heteroatoms. The number of hydrogen-bond donors (Lipinski definition) is 1. The molecule has 2 aromatic rings. The molecule has 0 bridgehead atoms. The second-order valence-corrected chi connectivity index (χ2v) is 5.87. The van der Waals surface area contributed by atoms with Crippen molar-refractivity contribution in [1.29, 1.82) is 0 Å². The molecule has 1 saturated heterocycles. The monoisotopic (exact) mass is 304 g/mol. The first kappa shape index (κ1) is 15.2. The molecular formula is C20H20N2O. The van der Waals surface area contributed by atoms with Crippen LogP contribution < -0.4 is 10.6 Å². The highest BCUT2D eigenvalue weighted by molar-refractivity contribution is 5.84. The van der Waals surface area contributed by atoms with Gasteiger partial charge in [0.1, 0.15) is 6.04 Å². The first-order valence-electron chi connectivity index (χ1n) is 7.89. The summed E-state index contributed by atoms with van der Waals surface area (Å²) in [5.74, 6) is 6.16. The summed E-state index contributed by atoms with van der Waals surface area (Å²) in [6.07, 6.45) is 1.84. The van der Waals surface area contributed by atoms with Crippen LogP contribution in [0.3, 0.4) is 0 Å². The first-order chi connectivity index (χ1) is 11.1. The van der Waals surface area contributed by atoms with Crippen LogP contribution in [-0.2, 0) is 4.79 Å². The summed E-state index contributed by atoms with van der Waals surface area (Å²) in [5.41, 5.74) is 9.70. The van der Waals surface area contributed by atoms with Gasteiger partial charge in [-0.3, -0.25) is 4.79 Å². The predicted molar refractivity (Wildman–Crippen MR) is 93.2 cm³/mol. The molecule has 1 heterocycles. The molecule has 3 rings (SSSR count). The second kappa shape index (κ2) is 6.58. The number of primary amides is 1. The minimum absolute atomic E-state index is 0.182. The van der Waals surface area contributed by atoms with Crippen molar-refractivity contribution in [3.63, 3.8) is 0 Å². The second-order valence-electron chi connectivity index (χ2n) is 5.87. The molecule has 1 amide bonds. The van der Waals surface area contributed by atoms with Gasteiger partial charge in [-0.2, -0.15) is 0 Å². The topological polar surface area (TPSA) is 46.3 Å². The molecule has 2 aromatic carbocycles. The van der Waals surface area contributed by atoms with Crippen LogP contribution in [0.4, 0.5) is 5.69 Å². The van der Waals surface area contributed by atoms with Crippen LogP contribution in [0.1, 0.15) is 29.5 Å². The third kappa shape index (κ3) is 3.37. The molecule has 0 unspecified atom stereocenters. The number of carbonyl (C=O) groups is 1. The minimum Gasteiger partial charge on any atom is -0.368 e. The van der Waals surface area contributed by atoms with Crippen molar-refractivity contribution in [3.05, 3.63) is 65.2 Å². The van der Waals surface area contributed by atoms with Gasteiger partial charge in [0.05, 0.1) is 0 Å². The smallest absolute Gasteiger partial charge is 0.240 e. The Kier molecular flexibility index (Phi) is 4.34. The average Bonchev–Trinajstić information content (AvgIpc) is 3.04. The third-order valence-electron chi connectivity index (χ3n) is 4.27. The van der Waals surface area contributed by atoms with E-state index < -0.39 is 0 Å². The molecule has 116 valence electrons. The summed E-state index contributed by atoms with van der Waals surface area (Å²) in [5, 5.41) is 0. The van der Waals surface area contributed by atoms with Gasteiger partial charge in [-0.1, -0.05) is 30.0 Å². The van der Waals surface area contributed by atoms with Crippen molar-refractivity contribution >= 4 is 11.6 Å². The normalized spacial score (nSPS) is 16.7. The zero-order valence-electron chi connectivity index (χ0n) is 13.3. The van der Waals surface area contributed by atoms with Crippen molar-refractivity contribution in [2.24, 2.45) is 5.73 Å². The Morgan fingerprint density at radius 3 is 2.57 bits per heavy atom. The maximum atomic E-state index is 11.5. The van der Waals surface area contributed by atoms with E-state index in [-0.39, 0.29) is 11.9 Å². The van der Waals surface area contributed by atoms with Crippen molar-refractivity contribution < 1.29 is 4.79 Å². The van der Waals surface area contributed by atoms with E-state index in [4.69, 9.17) is 5.73 Å².